The molecular weight excluding hydrogens is 356 g/mol. The monoisotopic (exact) mass is 388 g/mol. The van der Waals surface area contributed by atoms with E-state index in [9.17, 15) is 19.5 Å². The lowest BCUT2D eigenvalue weighted by Crippen LogP contribution is -2.58. The van der Waals surface area contributed by atoms with Crippen LogP contribution in [0.4, 0.5) is 0 Å². The van der Waals surface area contributed by atoms with E-state index in [1.807, 2.05) is 6.08 Å². The van der Waals surface area contributed by atoms with E-state index < -0.39 is 17.0 Å². The van der Waals surface area contributed by atoms with Gasteiger partial charge in [-0.05, 0) is 74.2 Å². The number of aliphatic hydroxyl groups is 1. The summed E-state index contributed by atoms with van der Waals surface area (Å²) in [7, 11) is 0. The van der Waals surface area contributed by atoms with Gasteiger partial charge in [-0.1, -0.05) is 19.4 Å². The largest absolute Gasteiger partial charge is 0.458 e. The number of carbonyl (C=O) groups excluding carboxylic acids is 3. The van der Waals surface area contributed by atoms with Crippen LogP contribution in [0.1, 0.15) is 72.1 Å². The Bertz CT molecular complexity index is 754. The number of Topliss-reactive ketones (excluding diaryl/α,β-unsaturated/α-hetero) is 1. The van der Waals surface area contributed by atoms with E-state index in [0.29, 0.717) is 30.6 Å². The zero-order valence-corrected chi connectivity index (χ0v) is 17.3. The first-order valence-corrected chi connectivity index (χ1v) is 10.7. The molecule has 6 atom stereocenters. The second-order valence-electron chi connectivity index (χ2n) is 10.0. The zero-order chi connectivity index (χ0) is 20.3. The predicted octanol–water partition coefficient (Wildman–Crippen LogP) is 3.38. The van der Waals surface area contributed by atoms with Crippen LogP contribution in [-0.4, -0.2) is 34.9 Å². The summed E-state index contributed by atoms with van der Waals surface area (Å²) in [6.45, 7) is 5.35. The van der Waals surface area contributed by atoms with Gasteiger partial charge in [-0.15, -0.1) is 0 Å². The van der Waals surface area contributed by atoms with Crippen molar-refractivity contribution in [1.82, 2.24) is 0 Å². The molecule has 5 heteroatoms. The van der Waals surface area contributed by atoms with E-state index >= 15 is 0 Å². The highest BCUT2D eigenvalue weighted by molar-refractivity contribution is 5.92. The summed E-state index contributed by atoms with van der Waals surface area (Å²) < 4.78 is 4.92. The van der Waals surface area contributed by atoms with Crippen LogP contribution in [0.5, 0.6) is 0 Å². The fraction of sp³-hybridized carbons (Fsp3) is 0.783. The molecule has 0 radical (unpaired) electrons. The molecule has 4 rings (SSSR count). The smallest absolute Gasteiger partial charge is 0.303 e. The van der Waals surface area contributed by atoms with Crippen molar-refractivity contribution in [2.75, 3.05) is 6.61 Å². The average Bonchev–Trinajstić information content (AvgIpc) is 2.92. The van der Waals surface area contributed by atoms with Gasteiger partial charge in [0.15, 0.2) is 12.4 Å². The third kappa shape index (κ3) is 2.65. The molecule has 4 aliphatic rings. The normalized spacial score (nSPS) is 44.8. The van der Waals surface area contributed by atoms with Crippen LogP contribution >= 0.6 is 0 Å². The topological polar surface area (TPSA) is 80.7 Å². The Labute approximate surface area is 166 Å². The number of ether oxygens (including phenoxy) is 1. The average molecular weight is 389 g/mol. The molecule has 0 unspecified atom stereocenters. The van der Waals surface area contributed by atoms with Crippen molar-refractivity contribution >= 4 is 17.5 Å². The van der Waals surface area contributed by atoms with Gasteiger partial charge in [0, 0.05) is 18.8 Å². The van der Waals surface area contributed by atoms with Crippen LogP contribution in [0.2, 0.25) is 0 Å². The van der Waals surface area contributed by atoms with Crippen LogP contribution in [0.3, 0.4) is 0 Å². The van der Waals surface area contributed by atoms with Crippen molar-refractivity contribution in [3.05, 3.63) is 11.6 Å². The maximum atomic E-state index is 12.8. The van der Waals surface area contributed by atoms with Crippen LogP contribution in [0.25, 0.3) is 0 Å². The van der Waals surface area contributed by atoms with E-state index in [0.717, 1.165) is 38.5 Å². The molecule has 0 aliphatic heterocycles. The second kappa shape index (κ2) is 6.51. The molecule has 28 heavy (non-hydrogen) atoms. The number of fused-ring (bicyclic) bond motifs is 5. The molecule has 0 amide bonds. The number of rotatable bonds is 3. The molecule has 3 fully saturated rings. The number of allylic oxidation sites excluding steroid dienone is 1. The zero-order valence-electron chi connectivity index (χ0n) is 17.3. The van der Waals surface area contributed by atoms with Gasteiger partial charge in [0.1, 0.15) is 5.60 Å². The first-order chi connectivity index (χ1) is 13.1. The molecule has 3 saturated carbocycles. The lowest BCUT2D eigenvalue weighted by atomic mass is 9.46. The van der Waals surface area contributed by atoms with E-state index in [1.165, 1.54) is 12.5 Å². The standard InChI is InChI=1S/C23H32O5/c1-14(24)28-13-20(26)23(27)11-8-19-17-5-4-15-12-16(25)6-9-21(15,2)18(17)7-10-22(19,23)3/h12,17-19,27H,4-11,13H2,1-3H3/t17-,18-,19+,21-,22+,23+/m1/s1. The van der Waals surface area contributed by atoms with Crippen molar-refractivity contribution in [3.8, 4) is 0 Å². The van der Waals surface area contributed by atoms with Gasteiger partial charge >= 0.3 is 5.97 Å². The van der Waals surface area contributed by atoms with Gasteiger partial charge in [-0.25, -0.2) is 0 Å². The minimum atomic E-state index is -1.41. The molecule has 0 saturated heterocycles. The van der Waals surface area contributed by atoms with Crippen molar-refractivity contribution in [1.29, 1.82) is 0 Å². The second-order valence-corrected chi connectivity index (χ2v) is 10.0. The number of esters is 1. The minimum absolute atomic E-state index is 0.0839. The molecule has 5 nitrogen and oxygen atoms in total. The van der Waals surface area contributed by atoms with Crippen molar-refractivity contribution < 1.29 is 24.2 Å². The van der Waals surface area contributed by atoms with E-state index in [4.69, 9.17) is 4.74 Å². The fourth-order valence-electron chi connectivity index (χ4n) is 7.32. The van der Waals surface area contributed by atoms with Crippen LogP contribution in [0.15, 0.2) is 11.6 Å². The molecule has 0 heterocycles. The maximum Gasteiger partial charge on any atom is 0.303 e. The molecule has 154 valence electrons. The highest BCUT2D eigenvalue weighted by Gasteiger charge is 2.66. The summed E-state index contributed by atoms with van der Waals surface area (Å²) in [6.07, 6.45) is 8.53. The third-order valence-corrected chi connectivity index (χ3v) is 8.98. The number of hydrogen-bond acceptors (Lipinski definition) is 5. The van der Waals surface area contributed by atoms with Gasteiger partial charge < -0.3 is 9.84 Å². The molecule has 0 aromatic carbocycles. The van der Waals surface area contributed by atoms with Crippen LogP contribution in [-0.2, 0) is 19.1 Å². The van der Waals surface area contributed by atoms with Crippen molar-refractivity contribution in [2.45, 2.75) is 77.7 Å². The Balaban J connectivity index is 1.60. The van der Waals surface area contributed by atoms with Gasteiger partial charge in [0.25, 0.3) is 0 Å². The highest BCUT2D eigenvalue weighted by atomic mass is 16.5. The molecular formula is C23H32O5. The lowest BCUT2D eigenvalue weighted by molar-refractivity contribution is -0.169. The molecule has 0 aromatic heterocycles. The Hall–Kier alpha value is -1.49. The SMILES string of the molecule is CC(=O)OCC(=O)[C@@]1(O)CC[C@H]2[C@@H]3CCC4=CC(=O)CC[C@@]4(C)[C@@H]3CC[C@@]21C. The quantitative estimate of drug-likeness (QED) is 0.750. The van der Waals surface area contributed by atoms with Crippen LogP contribution < -0.4 is 0 Å². The van der Waals surface area contributed by atoms with Crippen LogP contribution in [0, 0.1) is 28.6 Å². The van der Waals surface area contributed by atoms with E-state index in [2.05, 4.69) is 13.8 Å². The van der Waals surface area contributed by atoms with Gasteiger partial charge in [0.2, 0.25) is 5.78 Å². The molecule has 4 aliphatic carbocycles. The summed E-state index contributed by atoms with van der Waals surface area (Å²) in [5, 5.41) is 11.5. The van der Waals surface area contributed by atoms with Gasteiger partial charge in [-0.3, -0.25) is 14.4 Å². The molecule has 0 bridgehead atoms. The maximum absolute atomic E-state index is 12.8. The molecule has 1 N–H and O–H groups in total. The third-order valence-electron chi connectivity index (χ3n) is 8.98. The Morgan fingerprint density at radius 1 is 1.11 bits per heavy atom. The predicted molar refractivity (Wildman–Crippen MR) is 103 cm³/mol. The van der Waals surface area contributed by atoms with Gasteiger partial charge in [-0.2, -0.15) is 0 Å². The first kappa shape index (κ1) is 19.8. The van der Waals surface area contributed by atoms with E-state index in [1.54, 1.807) is 0 Å². The van der Waals surface area contributed by atoms with E-state index in [-0.39, 0.29) is 23.6 Å². The summed E-state index contributed by atoms with van der Waals surface area (Å²) in [5.41, 5.74) is -0.459. The fourth-order valence-corrected chi connectivity index (χ4v) is 7.32. The van der Waals surface area contributed by atoms with Crippen molar-refractivity contribution in [2.24, 2.45) is 28.6 Å². The summed E-state index contributed by atoms with van der Waals surface area (Å²) in [6, 6.07) is 0. The first-order valence-electron chi connectivity index (χ1n) is 10.7. The Kier molecular flexibility index (Phi) is 4.61. The summed E-state index contributed by atoms with van der Waals surface area (Å²) in [4.78, 5) is 35.9. The number of carbonyl (C=O) groups is 3. The lowest BCUT2D eigenvalue weighted by Gasteiger charge is -2.58. The number of hydrogen-bond donors (Lipinski definition) is 1. The Morgan fingerprint density at radius 3 is 2.54 bits per heavy atom. The molecule has 0 aromatic rings. The van der Waals surface area contributed by atoms with Gasteiger partial charge in [0.05, 0.1) is 0 Å². The van der Waals surface area contributed by atoms with Crippen molar-refractivity contribution in [3.63, 3.8) is 0 Å². The highest BCUT2D eigenvalue weighted by Crippen LogP contribution is 2.67. The summed E-state index contributed by atoms with van der Waals surface area (Å²) >= 11 is 0. The minimum Gasteiger partial charge on any atom is -0.458 e. The Morgan fingerprint density at radius 2 is 1.82 bits per heavy atom. The number of ketones is 2. The molecule has 0 spiro atoms. The summed E-state index contributed by atoms with van der Waals surface area (Å²) in [5.74, 6) is 0.712.